The van der Waals surface area contributed by atoms with E-state index in [9.17, 15) is 4.79 Å². The van der Waals surface area contributed by atoms with Crippen LogP contribution in [0.2, 0.25) is 5.02 Å². The van der Waals surface area contributed by atoms with Crippen LogP contribution in [0.25, 0.3) is 10.8 Å². The second-order valence-electron chi connectivity index (χ2n) is 2.80. The fourth-order valence-electron chi connectivity index (χ4n) is 1.39. The summed E-state index contributed by atoms with van der Waals surface area (Å²) in [5, 5.41) is 2.51. The number of benzene rings is 2. The highest BCUT2D eigenvalue weighted by molar-refractivity contribution is 6.36. The summed E-state index contributed by atoms with van der Waals surface area (Å²) in [6.07, 6.45) is 0.846. The number of carbonyl (C=O) groups excluding carboxylic acids is 1. The van der Waals surface area contributed by atoms with Crippen molar-refractivity contribution < 1.29 is 4.79 Å². The highest BCUT2D eigenvalue weighted by Crippen LogP contribution is 2.25. The van der Waals surface area contributed by atoms with Gasteiger partial charge < -0.3 is 0 Å². The summed E-state index contributed by atoms with van der Waals surface area (Å²) >= 11 is 5.97. The van der Waals surface area contributed by atoms with Crippen LogP contribution in [0.5, 0.6) is 0 Å². The van der Waals surface area contributed by atoms with Crippen molar-refractivity contribution in [2.45, 2.75) is 0 Å². The van der Waals surface area contributed by atoms with Crippen LogP contribution in [0.15, 0.2) is 36.4 Å². The SMILES string of the molecule is O=Cc1ccc(Cl)c2ccccc12. The zero-order valence-electron chi connectivity index (χ0n) is 6.83. The third-order valence-corrected chi connectivity index (χ3v) is 2.36. The highest BCUT2D eigenvalue weighted by Gasteiger charge is 2.01. The third-order valence-electron chi connectivity index (χ3n) is 2.03. The largest absolute Gasteiger partial charge is 0.298 e. The van der Waals surface area contributed by atoms with Crippen LogP contribution in [0, 0.1) is 0 Å². The lowest BCUT2D eigenvalue weighted by Gasteiger charge is -2.01. The van der Waals surface area contributed by atoms with Gasteiger partial charge in [0.2, 0.25) is 0 Å². The first-order chi connectivity index (χ1) is 6.33. The van der Waals surface area contributed by atoms with Crippen molar-refractivity contribution in [1.29, 1.82) is 0 Å². The minimum absolute atomic E-state index is 0.681. The van der Waals surface area contributed by atoms with E-state index in [1.54, 1.807) is 12.1 Å². The molecule has 0 N–H and O–H groups in total. The molecule has 0 unspecified atom stereocenters. The lowest BCUT2D eigenvalue weighted by molar-refractivity contribution is 0.112. The number of hydrogen-bond acceptors (Lipinski definition) is 1. The fourth-order valence-corrected chi connectivity index (χ4v) is 1.62. The Kier molecular flexibility index (Phi) is 2.03. The van der Waals surface area contributed by atoms with Gasteiger partial charge in [-0.25, -0.2) is 0 Å². The molecule has 0 aromatic heterocycles. The molecule has 0 radical (unpaired) electrons. The van der Waals surface area contributed by atoms with Crippen LogP contribution in [0.3, 0.4) is 0 Å². The summed E-state index contributed by atoms with van der Waals surface area (Å²) in [5.41, 5.74) is 0.681. The second-order valence-corrected chi connectivity index (χ2v) is 3.21. The molecule has 2 heteroatoms. The molecule has 0 heterocycles. The number of fused-ring (bicyclic) bond motifs is 1. The average molecular weight is 191 g/mol. The maximum absolute atomic E-state index is 10.7. The molecule has 0 fully saturated rings. The zero-order chi connectivity index (χ0) is 9.26. The summed E-state index contributed by atoms with van der Waals surface area (Å²) < 4.78 is 0. The number of aldehydes is 1. The summed E-state index contributed by atoms with van der Waals surface area (Å²) in [6.45, 7) is 0. The molecule has 2 rings (SSSR count). The monoisotopic (exact) mass is 190 g/mol. The molecule has 0 spiro atoms. The lowest BCUT2D eigenvalue weighted by Crippen LogP contribution is -1.83. The molecule has 64 valence electrons. The van der Waals surface area contributed by atoms with Crippen molar-refractivity contribution in [3.63, 3.8) is 0 Å². The first-order valence-electron chi connectivity index (χ1n) is 3.95. The van der Waals surface area contributed by atoms with Crippen molar-refractivity contribution >= 4 is 28.7 Å². The summed E-state index contributed by atoms with van der Waals surface area (Å²) in [5.74, 6) is 0. The zero-order valence-corrected chi connectivity index (χ0v) is 7.58. The number of hydrogen-bond donors (Lipinski definition) is 0. The van der Waals surface area contributed by atoms with E-state index in [0.717, 1.165) is 17.1 Å². The van der Waals surface area contributed by atoms with E-state index < -0.39 is 0 Å². The lowest BCUT2D eigenvalue weighted by atomic mass is 10.1. The topological polar surface area (TPSA) is 17.1 Å². The molecule has 0 aliphatic carbocycles. The van der Waals surface area contributed by atoms with Crippen LogP contribution in [-0.2, 0) is 0 Å². The second kappa shape index (κ2) is 3.19. The van der Waals surface area contributed by atoms with Gasteiger partial charge in [-0.2, -0.15) is 0 Å². The molecule has 1 nitrogen and oxygen atoms in total. The Morgan fingerprint density at radius 3 is 2.38 bits per heavy atom. The summed E-state index contributed by atoms with van der Waals surface area (Å²) in [6, 6.07) is 11.1. The standard InChI is InChI=1S/C11H7ClO/c12-11-6-5-8(7-13)9-3-1-2-4-10(9)11/h1-7H. The van der Waals surface area contributed by atoms with E-state index in [1.807, 2.05) is 24.3 Å². The van der Waals surface area contributed by atoms with Gasteiger partial charge in [0.1, 0.15) is 0 Å². The predicted octanol–water partition coefficient (Wildman–Crippen LogP) is 3.31. The van der Waals surface area contributed by atoms with Crippen LogP contribution < -0.4 is 0 Å². The van der Waals surface area contributed by atoms with Crippen LogP contribution in [0.1, 0.15) is 10.4 Å². The van der Waals surface area contributed by atoms with Crippen LogP contribution in [-0.4, -0.2) is 6.29 Å². The van der Waals surface area contributed by atoms with Gasteiger partial charge in [0.25, 0.3) is 0 Å². The molecule has 2 aromatic rings. The third kappa shape index (κ3) is 1.31. The van der Waals surface area contributed by atoms with Gasteiger partial charge in [-0.15, -0.1) is 0 Å². The molecule has 0 aliphatic rings. The first kappa shape index (κ1) is 8.27. The van der Waals surface area contributed by atoms with E-state index in [2.05, 4.69) is 0 Å². The molecule has 0 saturated carbocycles. The van der Waals surface area contributed by atoms with E-state index in [-0.39, 0.29) is 0 Å². The maximum atomic E-state index is 10.7. The van der Waals surface area contributed by atoms with Gasteiger partial charge in [0.15, 0.2) is 6.29 Å². The van der Waals surface area contributed by atoms with E-state index >= 15 is 0 Å². The van der Waals surface area contributed by atoms with Crippen LogP contribution in [0.4, 0.5) is 0 Å². The Hall–Kier alpha value is -1.34. The molecule has 13 heavy (non-hydrogen) atoms. The van der Waals surface area contributed by atoms with Crippen molar-refractivity contribution in [2.75, 3.05) is 0 Å². The maximum Gasteiger partial charge on any atom is 0.150 e. The smallest absolute Gasteiger partial charge is 0.150 e. The quantitative estimate of drug-likeness (QED) is 0.631. The molecular weight excluding hydrogens is 184 g/mol. The normalized spacial score (nSPS) is 10.2. The molecule has 0 amide bonds. The Labute approximate surface area is 80.9 Å². The van der Waals surface area contributed by atoms with Crippen LogP contribution >= 0.6 is 11.6 Å². The minimum Gasteiger partial charge on any atom is -0.298 e. The average Bonchev–Trinajstić information content (AvgIpc) is 2.19. The van der Waals surface area contributed by atoms with Gasteiger partial charge >= 0.3 is 0 Å². The summed E-state index contributed by atoms with van der Waals surface area (Å²) in [7, 11) is 0. The van der Waals surface area contributed by atoms with Gasteiger partial charge in [-0.3, -0.25) is 4.79 Å². The Morgan fingerprint density at radius 2 is 1.69 bits per heavy atom. The molecule has 0 atom stereocenters. The van der Waals surface area contributed by atoms with Gasteiger partial charge in [-0.1, -0.05) is 35.9 Å². The van der Waals surface area contributed by atoms with Crippen molar-refractivity contribution in [3.8, 4) is 0 Å². The Morgan fingerprint density at radius 1 is 1.00 bits per heavy atom. The van der Waals surface area contributed by atoms with Crippen molar-refractivity contribution in [1.82, 2.24) is 0 Å². The minimum atomic E-state index is 0.681. The molecule has 2 aromatic carbocycles. The molecular formula is C11H7ClO. The predicted molar refractivity (Wildman–Crippen MR) is 54.3 cm³/mol. The number of carbonyl (C=O) groups is 1. The molecule has 0 aliphatic heterocycles. The van der Waals surface area contributed by atoms with Gasteiger partial charge in [-0.05, 0) is 17.5 Å². The first-order valence-corrected chi connectivity index (χ1v) is 4.33. The molecule has 0 bridgehead atoms. The number of rotatable bonds is 1. The van der Waals surface area contributed by atoms with Crippen molar-refractivity contribution in [3.05, 3.63) is 47.0 Å². The van der Waals surface area contributed by atoms with Gasteiger partial charge in [0, 0.05) is 16.0 Å². The Bertz CT molecular complexity index is 463. The summed E-state index contributed by atoms with van der Waals surface area (Å²) in [4.78, 5) is 10.7. The van der Waals surface area contributed by atoms with Crippen molar-refractivity contribution in [2.24, 2.45) is 0 Å². The van der Waals surface area contributed by atoms with E-state index in [0.29, 0.717) is 10.6 Å². The number of halogens is 1. The van der Waals surface area contributed by atoms with Gasteiger partial charge in [0.05, 0.1) is 0 Å². The van der Waals surface area contributed by atoms with E-state index in [4.69, 9.17) is 11.6 Å². The Balaban J connectivity index is 2.92. The highest BCUT2D eigenvalue weighted by atomic mass is 35.5. The van der Waals surface area contributed by atoms with E-state index in [1.165, 1.54) is 0 Å². The fraction of sp³-hybridized carbons (Fsp3) is 0. The molecule has 0 saturated heterocycles.